The van der Waals surface area contributed by atoms with E-state index in [4.69, 9.17) is 9.84 Å². The lowest BCUT2D eigenvalue weighted by molar-refractivity contribution is -0.137. The normalized spacial score (nSPS) is 11.7. The van der Waals surface area contributed by atoms with Gasteiger partial charge in [0.1, 0.15) is 6.61 Å². The summed E-state index contributed by atoms with van der Waals surface area (Å²) in [6, 6.07) is 8.55. The average Bonchev–Trinajstić information content (AvgIpc) is 2.92. The van der Waals surface area contributed by atoms with Crippen molar-refractivity contribution in [3.8, 4) is 0 Å². The van der Waals surface area contributed by atoms with E-state index in [0.717, 1.165) is 10.6 Å². The van der Waals surface area contributed by atoms with Crippen LogP contribution in [0.4, 0.5) is 4.79 Å². The van der Waals surface area contributed by atoms with Gasteiger partial charge in [0.05, 0.1) is 23.2 Å². The topological polar surface area (TPSA) is 88.5 Å². The first-order chi connectivity index (χ1) is 10.5. The Morgan fingerprint density at radius 2 is 2.09 bits per heavy atom. The van der Waals surface area contributed by atoms with Gasteiger partial charge in [-0.15, -0.1) is 11.3 Å². The summed E-state index contributed by atoms with van der Waals surface area (Å²) in [5.41, 5.74) is 1.39. The van der Waals surface area contributed by atoms with Crippen LogP contribution in [0.2, 0.25) is 0 Å². The summed E-state index contributed by atoms with van der Waals surface area (Å²) in [4.78, 5) is 27.0. The lowest BCUT2D eigenvalue weighted by Gasteiger charge is -2.15. The number of hydrogen-bond donors (Lipinski definition) is 2. The van der Waals surface area contributed by atoms with Gasteiger partial charge in [-0.3, -0.25) is 4.79 Å². The number of carboxylic acid groups (broad SMARTS) is 1. The third-order valence-electron chi connectivity index (χ3n) is 2.88. The predicted octanol–water partition coefficient (Wildman–Crippen LogP) is 2.89. The number of rotatable bonds is 6. The van der Waals surface area contributed by atoms with Crippen molar-refractivity contribution in [1.82, 2.24) is 10.3 Å². The molecule has 0 aliphatic rings. The van der Waals surface area contributed by atoms with E-state index < -0.39 is 18.1 Å². The van der Waals surface area contributed by atoms with E-state index in [1.807, 2.05) is 37.3 Å². The second-order valence-electron chi connectivity index (χ2n) is 4.65. The molecule has 1 atom stereocenters. The molecule has 1 heterocycles. The van der Waals surface area contributed by atoms with Crippen molar-refractivity contribution in [3.63, 3.8) is 0 Å². The van der Waals surface area contributed by atoms with E-state index in [1.165, 1.54) is 11.3 Å². The zero-order valence-electron chi connectivity index (χ0n) is 12.0. The molecule has 0 saturated heterocycles. The number of carboxylic acids is 1. The van der Waals surface area contributed by atoms with E-state index in [9.17, 15) is 9.59 Å². The van der Waals surface area contributed by atoms with Crippen molar-refractivity contribution in [2.24, 2.45) is 0 Å². The molecule has 0 saturated carbocycles. The molecule has 22 heavy (non-hydrogen) atoms. The number of benzene rings is 1. The molecular formula is C15H16N2O4S. The summed E-state index contributed by atoms with van der Waals surface area (Å²) in [6.07, 6.45) is -0.912. The van der Waals surface area contributed by atoms with Gasteiger partial charge in [-0.05, 0) is 12.5 Å². The molecule has 1 amide bonds. The van der Waals surface area contributed by atoms with Gasteiger partial charge in [-0.1, -0.05) is 30.3 Å². The maximum atomic E-state index is 11.8. The molecular weight excluding hydrogens is 304 g/mol. The van der Waals surface area contributed by atoms with Gasteiger partial charge in [0.25, 0.3) is 0 Å². The quantitative estimate of drug-likeness (QED) is 0.854. The number of nitrogens with zero attached hydrogens (tertiary/aromatic N) is 1. The van der Waals surface area contributed by atoms with Crippen LogP contribution in [0, 0.1) is 6.92 Å². The van der Waals surface area contributed by atoms with Crippen LogP contribution in [0.5, 0.6) is 0 Å². The fraction of sp³-hybridized carbons (Fsp3) is 0.267. The lowest BCUT2D eigenvalue weighted by atomic mass is 10.1. The van der Waals surface area contributed by atoms with Crippen molar-refractivity contribution in [2.75, 3.05) is 0 Å². The smallest absolute Gasteiger partial charge is 0.408 e. The van der Waals surface area contributed by atoms with Gasteiger partial charge >= 0.3 is 12.1 Å². The van der Waals surface area contributed by atoms with E-state index in [1.54, 1.807) is 5.38 Å². The summed E-state index contributed by atoms with van der Waals surface area (Å²) < 4.78 is 5.10. The maximum absolute atomic E-state index is 11.8. The van der Waals surface area contributed by atoms with Crippen LogP contribution in [0.3, 0.4) is 0 Å². The van der Waals surface area contributed by atoms with E-state index in [2.05, 4.69) is 10.3 Å². The third kappa shape index (κ3) is 4.85. The van der Waals surface area contributed by atoms with Crippen LogP contribution in [0.25, 0.3) is 0 Å². The largest absolute Gasteiger partial charge is 0.481 e. The third-order valence-corrected chi connectivity index (χ3v) is 3.67. The number of carbonyl (C=O) groups excluding carboxylic acids is 1. The van der Waals surface area contributed by atoms with Gasteiger partial charge in [0, 0.05) is 5.38 Å². The molecule has 0 radical (unpaired) electrons. The number of thiazole rings is 1. The monoisotopic (exact) mass is 320 g/mol. The first-order valence-electron chi connectivity index (χ1n) is 6.65. The summed E-state index contributed by atoms with van der Waals surface area (Å²) in [6.45, 7) is 1.95. The number of aliphatic carboxylic acids is 1. The van der Waals surface area contributed by atoms with Gasteiger partial charge in [-0.25, -0.2) is 9.78 Å². The number of carbonyl (C=O) groups is 2. The van der Waals surface area contributed by atoms with E-state index in [-0.39, 0.29) is 13.0 Å². The minimum Gasteiger partial charge on any atom is -0.481 e. The Kier molecular flexibility index (Phi) is 5.48. The second-order valence-corrected chi connectivity index (χ2v) is 5.71. The molecule has 7 heteroatoms. The Labute approximate surface area is 131 Å². The fourth-order valence-electron chi connectivity index (χ4n) is 1.85. The minimum absolute atomic E-state index is 0.128. The second kappa shape index (κ2) is 7.56. The van der Waals surface area contributed by atoms with Crippen LogP contribution in [0.1, 0.15) is 28.7 Å². The van der Waals surface area contributed by atoms with Crippen molar-refractivity contribution < 1.29 is 19.4 Å². The Hall–Kier alpha value is -2.41. The van der Waals surface area contributed by atoms with Crippen LogP contribution in [-0.2, 0) is 16.1 Å². The minimum atomic E-state index is -1.01. The zero-order chi connectivity index (χ0) is 15.9. The standard InChI is InChI=1S/C15H16N2O4S/c1-10-16-13(9-22-10)12(7-14(18)19)17-15(20)21-8-11-5-3-2-4-6-11/h2-6,9,12H,7-8H2,1H3,(H,17,20)(H,18,19)/t12-/m1/s1. The summed E-state index contributed by atoms with van der Waals surface area (Å²) in [7, 11) is 0. The number of ether oxygens (including phenoxy) is 1. The zero-order valence-corrected chi connectivity index (χ0v) is 12.8. The SMILES string of the molecule is Cc1nc([C@@H](CC(=O)O)NC(=O)OCc2ccccc2)cs1. The number of hydrogen-bond acceptors (Lipinski definition) is 5. The van der Waals surface area contributed by atoms with Crippen molar-refractivity contribution >= 4 is 23.4 Å². The molecule has 0 aliphatic heterocycles. The summed E-state index contributed by atoms with van der Waals surface area (Å²) in [5, 5.41) is 14.1. The highest BCUT2D eigenvalue weighted by atomic mass is 32.1. The molecule has 0 fully saturated rings. The highest BCUT2D eigenvalue weighted by molar-refractivity contribution is 7.09. The van der Waals surface area contributed by atoms with Crippen LogP contribution >= 0.6 is 11.3 Å². The Morgan fingerprint density at radius 1 is 1.36 bits per heavy atom. The molecule has 2 N–H and O–H groups in total. The predicted molar refractivity (Wildman–Crippen MR) is 81.6 cm³/mol. The molecule has 1 aromatic carbocycles. The van der Waals surface area contributed by atoms with Gasteiger partial charge in [0.15, 0.2) is 0 Å². The number of nitrogens with one attached hydrogen (secondary N) is 1. The molecule has 1 aromatic heterocycles. The van der Waals surface area contributed by atoms with Gasteiger partial charge < -0.3 is 15.2 Å². The molecule has 0 unspecified atom stereocenters. The lowest BCUT2D eigenvalue weighted by Crippen LogP contribution is -2.30. The molecule has 0 bridgehead atoms. The van der Waals surface area contributed by atoms with E-state index >= 15 is 0 Å². The highest BCUT2D eigenvalue weighted by Crippen LogP contribution is 2.19. The van der Waals surface area contributed by atoms with Crippen molar-refractivity contribution in [1.29, 1.82) is 0 Å². The van der Waals surface area contributed by atoms with E-state index in [0.29, 0.717) is 5.69 Å². The molecule has 2 rings (SSSR count). The molecule has 6 nitrogen and oxygen atoms in total. The van der Waals surface area contributed by atoms with Crippen LogP contribution in [-0.4, -0.2) is 22.2 Å². The van der Waals surface area contributed by atoms with Gasteiger partial charge in [-0.2, -0.15) is 0 Å². The Morgan fingerprint density at radius 3 is 2.68 bits per heavy atom. The van der Waals surface area contributed by atoms with Crippen molar-refractivity contribution in [3.05, 3.63) is 52.0 Å². The highest BCUT2D eigenvalue weighted by Gasteiger charge is 2.21. The first kappa shape index (κ1) is 16.0. The molecule has 0 aliphatic carbocycles. The summed E-state index contributed by atoms with van der Waals surface area (Å²) in [5.74, 6) is -1.01. The summed E-state index contributed by atoms with van der Waals surface area (Å²) >= 11 is 1.40. The Balaban J connectivity index is 1.94. The fourth-order valence-corrected chi connectivity index (χ4v) is 2.52. The Bertz CT molecular complexity index is 642. The van der Waals surface area contributed by atoms with Gasteiger partial charge in [0.2, 0.25) is 0 Å². The average molecular weight is 320 g/mol. The molecule has 116 valence electrons. The molecule has 0 spiro atoms. The molecule has 2 aromatic rings. The van der Waals surface area contributed by atoms with Crippen LogP contribution in [0.15, 0.2) is 35.7 Å². The van der Waals surface area contributed by atoms with Crippen molar-refractivity contribution in [2.45, 2.75) is 26.0 Å². The number of alkyl carbamates (subject to hydrolysis) is 1. The number of aryl methyl sites for hydroxylation is 1. The maximum Gasteiger partial charge on any atom is 0.408 e. The van der Waals surface area contributed by atoms with Crippen LogP contribution < -0.4 is 5.32 Å². The number of amides is 1. The first-order valence-corrected chi connectivity index (χ1v) is 7.53. The number of aromatic nitrogens is 1.